The molecule has 1 aromatic rings. The van der Waals surface area contributed by atoms with Crippen molar-refractivity contribution < 1.29 is 31.1 Å². The van der Waals surface area contributed by atoms with Gasteiger partial charge in [-0.1, -0.05) is 0 Å². The average Bonchev–Trinajstić information content (AvgIpc) is 2.53. The molecular formula is C15H19F3N2O4S. The second-order valence-electron chi connectivity index (χ2n) is 5.85. The number of ether oxygens (including phenoxy) is 1. The van der Waals surface area contributed by atoms with Crippen molar-refractivity contribution in [2.24, 2.45) is 5.92 Å². The van der Waals surface area contributed by atoms with Gasteiger partial charge in [-0.15, -0.1) is 0 Å². The zero-order valence-electron chi connectivity index (χ0n) is 13.5. The Morgan fingerprint density at radius 3 is 2.28 bits per heavy atom. The van der Waals surface area contributed by atoms with Crippen LogP contribution in [-0.4, -0.2) is 50.8 Å². The molecule has 25 heavy (non-hydrogen) atoms. The first-order valence-electron chi connectivity index (χ1n) is 7.60. The summed E-state index contributed by atoms with van der Waals surface area (Å²) in [5.41, 5.74) is 0.440. The Morgan fingerprint density at radius 2 is 1.80 bits per heavy atom. The van der Waals surface area contributed by atoms with Crippen molar-refractivity contribution in [1.29, 1.82) is 0 Å². The minimum atomic E-state index is -4.41. The van der Waals surface area contributed by atoms with Gasteiger partial charge in [0, 0.05) is 24.7 Å². The van der Waals surface area contributed by atoms with Gasteiger partial charge in [0.2, 0.25) is 15.9 Å². The van der Waals surface area contributed by atoms with E-state index in [0.29, 0.717) is 31.6 Å². The number of carbonyl (C=O) groups excluding carboxylic acids is 1. The molecule has 1 aromatic carbocycles. The van der Waals surface area contributed by atoms with Gasteiger partial charge in [0.05, 0.1) is 6.26 Å². The molecule has 1 aliphatic heterocycles. The maximum atomic E-state index is 12.2. The lowest BCUT2D eigenvalue weighted by Gasteiger charge is -2.29. The highest BCUT2D eigenvalue weighted by Crippen LogP contribution is 2.23. The molecule has 1 fully saturated rings. The predicted octanol–water partition coefficient (Wildman–Crippen LogP) is 2.24. The number of nitrogens with one attached hydrogen (secondary N) is 1. The first-order chi connectivity index (χ1) is 11.5. The number of nitrogens with zero attached hydrogens (tertiary/aromatic N) is 1. The van der Waals surface area contributed by atoms with Gasteiger partial charge >= 0.3 is 6.18 Å². The normalized spacial score (nSPS) is 17.3. The highest BCUT2D eigenvalue weighted by Gasteiger charge is 2.29. The molecule has 0 unspecified atom stereocenters. The number of rotatable bonds is 5. The van der Waals surface area contributed by atoms with Crippen LogP contribution in [0.15, 0.2) is 24.3 Å². The SMILES string of the molecule is CS(=O)(=O)N1CCC(C(=O)Nc2ccc(OCC(F)(F)F)cc2)CC1. The first kappa shape index (κ1) is 19.5. The summed E-state index contributed by atoms with van der Waals surface area (Å²) in [6.07, 6.45) is -2.43. The van der Waals surface area contributed by atoms with Gasteiger partial charge in [0.25, 0.3) is 0 Å². The highest BCUT2D eigenvalue weighted by atomic mass is 32.2. The maximum Gasteiger partial charge on any atom is 0.422 e. The van der Waals surface area contributed by atoms with Crippen molar-refractivity contribution in [3.8, 4) is 5.75 Å². The lowest BCUT2D eigenvalue weighted by Crippen LogP contribution is -2.40. The van der Waals surface area contributed by atoms with Crippen LogP contribution in [0.4, 0.5) is 18.9 Å². The van der Waals surface area contributed by atoms with Crippen LogP contribution in [-0.2, 0) is 14.8 Å². The summed E-state index contributed by atoms with van der Waals surface area (Å²) in [6.45, 7) is -0.792. The fraction of sp³-hybridized carbons (Fsp3) is 0.533. The van der Waals surface area contributed by atoms with E-state index in [4.69, 9.17) is 0 Å². The van der Waals surface area contributed by atoms with E-state index in [0.717, 1.165) is 6.26 Å². The molecule has 0 atom stereocenters. The molecular weight excluding hydrogens is 361 g/mol. The number of benzene rings is 1. The second-order valence-corrected chi connectivity index (χ2v) is 7.84. The summed E-state index contributed by atoms with van der Waals surface area (Å²) >= 11 is 0. The van der Waals surface area contributed by atoms with E-state index in [1.807, 2.05) is 0 Å². The third-order valence-corrected chi connectivity index (χ3v) is 5.12. The second kappa shape index (κ2) is 7.61. The van der Waals surface area contributed by atoms with Crippen molar-refractivity contribution >= 4 is 21.6 Å². The third kappa shape index (κ3) is 6.20. The highest BCUT2D eigenvalue weighted by molar-refractivity contribution is 7.88. The molecule has 1 saturated heterocycles. The summed E-state index contributed by atoms with van der Waals surface area (Å²) in [4.78, 5) is 12.2. The van der Waals surface area contributed by atoms with E-state index >= 15 is 0 Å². The molecule has 0 radical (unpaired) electrons. The van der Waals surface area contributed by atoms with Crippen LogP contribution in [0.5, 0.6) is 5.75 Å². The molecule has 1 amide bonds. The molecule has 0 saturated carbocycles. The summed E-state index contributed by atoms with van der Waals surface area (Å²) in [6, 6.07) is 5.59. The Balaban J connectivity index is 1.85. The average molecular weight is 380 g/mol. The van der Waals surface area contributed by atoms with Gasteiger partial charge < -0.3 is 10.1 Å². The largest absolute Gasteiger partial charge is 0.484 e. The number of piperidine rings is 1. The molecule has 0 aliphatic carbocycles. The van der Waals surface area contributed by atoms with E-state index in [2.05, 4.69) is 10.1 Å². The number of hydrogen-bond donors (Lipinski definition) is 1. The molecule has 1 aliphatic rings. The molecule has 1 N–H and O–H groups in total. The third-order valence-electron chi connectivity index (χ3n) is 3.82. The topological polar surface area (TPSA) is 75.7 Å². The zero-order chi connectivity index (χ0) is 18.7. The molecule has 140 valence electrons. The Morgan fingerprint density at radius 1 is 1.24 bits per heavy atom. The zero-order valence-corrected chi connectivity index (χ0v) is 14.4. The van der Waals surface area contributed by atoms with Crippen LogP contribution >= 0.6 is 0 Å². The van der Waals surface area contributed by atoms with Gasteiger partial charge in [-0.2, -0.15) is 13.2 Å². The standard InChI is InChI=1S/C15H19F3N2O4S/c1-25(22,23)20-8-6-11(7-9-20)14(21)19-12-2-4-13(5-3-12)24-10-15(16,17)18/h2-5,11H,6-10H2,1H3,(H,19,21). The number of carbonyl (C=O) groups is 1. The Bertz CT molecular complexity index is 696. The predicted molar refractivity (Wildman–Crippen MR) is 85.8 cm³/mol. The lowest BCUT2D eigenvalue weighted by atomic mass is 9.97. The maximum absolute atomic E-state index is 12.2. The summed E-state index contributed by atoms with van der Waals surface area (Å²) in [5.74, 6) is -0.493. The van der Waals surface area contributed by atoms with Gasteiger partial charge in [-0.3, -0.25) is 4.79 Å². The van der Waals surface area contributed by atoms with Gasteiger partial charge in [-0.05, 0) is 37.1 Å². The number of amides is 1. The molecule has 1 heterocycles. The fourth-order valence-corrected chi connectivity index (χ4v) is 3.37. The van der Waals surface area contributed by atoms with E-state index in [1.165, 1.54) is 28.6 Å². The molecule has 0 spiro atoms. The van der Waals surface area contributed by atoms with Crippen molar-refractivity contribution in [2.75, 3.05) is 31.3 Å². The van der Waals surface area contributed by atoms with Crippen molar-refractivity contribution in [2.45, 2.75) is 19.0 Å². The molecule has 2 rings (SSSR count). The van der Waals surface area contributed by atoms with Crippen molar-refractivity contribution in [3.05, 3.63) is 24.3 Å². The van der Waals surface area contributed by atoms with Crippen LogP contribution in [0.3, 0.4) is 0 Å². The Kier molecular flexibility index (Phi) is 5.94. The van der Waals surface area contributed by atoms with Crippen LogP contribution in [0.2, 0.25) is 0 Å². The summed E-state index contributed by atoms with van der Waals surface area (Å²) in [7, 11) is -3.25. The fourth-order valence-electron chi connectivity index (χ4n) is 2.49. The minimum Gasteiger partial charge on any atom is -0.484 e. The Labute approximate surface area is 144 Å². The number of hydrogen-bond acceptors (Lipinski definition) is 4. The van der Waals surface area contributed by atoms with Gasteiger partial charge in [0.1, 0.15) is 5.75 Å². The number of sulfonamides is 1. The lowest BCUT2D eigenvalue weighted by molar-refractivity contribution is -0.153. The van der Waals surface area contributed by atoms with Crippen molar-refractivity contribution in [3.63, 3.8) is 0 Å². The van der Waals surface area contributed by atoms with Crippen molar-refractivity contribution in [1.82, 2.24) is 4.31 Å². The number of anilines is 1. The van der Waals surface area contributed by atoms with Gasteiger partial charge in [0.15, 0.2) is 6.61 Å². The summed E-state index contributed by atoms with van der Waals surface area (Å²) in [5, 5.41) is 2.68. The van der Waals surface area contributed by atoms with Crippen LogP contribution in [0.25, 0.3) is 0 Å². The molecule has 6 nitrogen and oxygen atoms in total. The first-order valence-corrected chi connectivity index (χ1v) is 9.45. The van der Waals surface area contributed by atoms with Gasteiger partial charge in [-0.25, -0.2) is 12.7 Å². The molecule has 0 aromatic heterocycles. The summed E-state index contributed by atoms with van der Waals surface area (Å²) < 4.78 is 65.0. The van der Waals surface area contributed by atoms with Crippen LogP contribution < -0.4 is 10.1 Å². The monoisotopic (exact) mass is 380 g/mol. The quantitative estimate of drug-likeness (QED) is 0.850. The number of alkyl halides is 3. The van der Waals surface area contributed by atoms with E-state index < -0.39 is 22.8 Å². The smallest absolute Gasteiger partial charge is 0.422 e. The number of halogens is 3. The minimum absolute atomic E-state index is 0.0526. The van der Waals surface area contributed by atoms with Crippen LogP contribution in [0.1, 0.15) is 12.8 Å². The van der Waals surface area contributed by atoms with E-state index in [1.54, 1.807) is 0 Å². The van der Waals surface area contributed by atoms with E-state index in [-0.39, 0.29) is 17.6 Å². The van der Waals surface area contributed by atoms with E-state index in [9.17, 15) is 26.4 Å². The molecule has 10 heteroatoms. The van der Waals surface area contributed by atoms with Crippen LogP contribution in [0, 0.1) is 5.92 Å². The Hall–Kier alpha value is -1.81. The molecule has 0 bridgehead atoms.